The van der Waals surface area contributed by atoms with Crippen molar-refractivity contribution in [3.63, 3.8) is 0 Å². The summed E-state index contributed by atoms with van der Waals surface area (Å²) in [4.78, 5) is 27.7. The molecule has 188 valence electrons. The Hall–Kier alpha value is -4.55. The molecule has 3 aromatic heterocycles. The molecule has 1 fully saturated rings. The number of fused-ring (bicyclic) bond motifs is 1. The fourth-order valence-electron chi connectivity index (χ4n) is 4.45. The van der Waals surface area contributed by atoms with Crippen LogP contribution >= 0.6 is 0 Å². The SMILES string of the molecule is COc1cc(-n2cnc(Nc3nc(N4CCCC4C(N)=O)nc4cnn(C)c34)c2)cc(OC)c1OC. The van der Waals surface area contributed by atoms with Gasteiger partial charge in [0.25, 0.3) is 0 Å². The van der Waals surface area contributed by atoms with Gasteiger partial charge in [-0.2, -0.15) is 10.1 Å². The van der Waals surface area contributed by atoms with Gasteiger partial charge in [-0.3, -0.25) is 9.48 Å². The third kappa shape index (κ3) is 3.97. The summed E-state index contributed by atoms with van der Waals surface area (Å²) in [5.41, 5.74) is 7.73. The van der Waals surface area contributed by atoms with Gasteiger partial charge in [0, 0.05) is 25.7 Å². The lowest BCUT2D eigenvalue weighted by molar-refractivity contribution is -0.119. The summed E-state index contributed by atoms with van der Waals surface area (Å²) in [5, 5.41) is 7.60. The molecule has 4 aromatic rings. The van der Waals surface area contributed by atoms with Gasteiger partial charge in [0.05, 0.1) is 39.4 Å². The summed E-state index contributed by atoms with van der Waals surface area (Å²) in [6.45, 7) is 0.647. The van der Waals surface area contributed by atoms with Crippen LogP contribution in [0.15, 0.2) is 30.9 Å². The lowest BCUT2D eigenvalue weighted by Gasteiger charge is -2.22. The zero-order chi connectivity index (χ0) is 25.4. The Morgan fingerprint density at radius 1 is 1.14 bits per heavy atom. The molecule has 3 N–H and O–H groups in total. The normalized spacial score (nSPS) is 15.3. The molecule has 1 atom stereocenters. The van der Waals surface area contributed by atoms with Crippen LogP contribution in [0.25, 0.3) is 16.7 Å². The zero-order valence-corrected chi connectivity index (χ0v) is 20.4. The van der Waals surface area contributed by atoms with E-state index in [0.29, 0.717) is 58.8 Å². The Kier molecular flexibility index (Phi) is 5.96. The minimum absolute atomic E-state index is 0.388. The number of aromatic nitrogens is 6. The monoisotopic (exact) mass is 493 g/mol. The number of amides is 1. The second-order valence-corrected chi connectivity index (χ2v) is 8.30. The van der Waals surface area contributed by atoms with E-state index < -0.39 is 6.04 Å². The predicted octanol–water partition coefficient (Wildman–Crippen LogP) is 1.77. The van der Waals surface area contributed by atoms with Crippen molar-refractivity contribution in [3.8, 4) is 22.9 Å². The van der Waals surface area contributed by atoms with Crippen molar-refractivity contribution >= 4 is 34.5 Å². The molecule has 1 unspecified atom stereocenters. The number of primary amides is 1. The van der Waals surface area contributed by atoms with Crippen molar-refractivity contribution in [2.75, 3.05) is 38.1 Å². The van der Waals surface area contributed by atoms with Crippen molar-refractivity contribution in [1.82, 2.24) is 29.3 Å². The zero-order valence-electron chi connectivity index (χ0n) is 20.4. The van der Waals surface area contributed by atoms with Crippen LogP contribution in [-0.2, 0) is 11.8 Å². The number of benzene rings is 1. The van der Waals surface area contributed by atoms with E-state index in [9.17, 15) is 4.79 Å². The fourth-order valence-corrected chi connectivity index (χ4v) is 4.45. The van der Waals surface area contributed by atoms with Crippen LogP contribution < -0.4 is 30.2 Å². The smallest absolute Gasteiger partial charge is 0.240 e. The molecule has 1 saturated heterocycles. The highest BCUT2D eigenvalue weighted by molar-refractivity contribution is 5.89. The van der Waals surface area contributed by atoms with Gasteiger partial charge in [-0.1, -0.05) is 0 Å². The number of aryl methyl sites for hydroxylation is 1. The number of hydrogen-bond donors (Lipinski definition) is 2. The van der Waals surface area contributed by atoms with Gasteiger partial charge < -0.3 is 34.7 Å². The van der Waals surface area contributed by atoms with E-state index in [1.54, 1.807) is 38.5 Å². The minimum atomic E-state index is -0.439. The average Bonchev–Trinajstić information content (AvgIpc) is 3.63. The number of nitrogens with one attached hydrogen (secondary N) is 1. The summed E-state index contributed by atoms with van der Waals surface area (Å²) in [7, 11) is 6.50. The predicted molar refractivity (Wildman–Crippen MR) is 132 cm³/mol. The van der Waals surface area contributed by atoms with Crippen LogP contribution in [0.3, 0.4) is 0 Å². The first-order valence-corrected chi connectivity index (χ1v) is 11.3. The third-order valence-electron chi connectivity index (χ3n) is 6.19. The van der Waals surface area contributed by atoms with Gasteiger partial charge in [-0.15, -0.1) is 0 Å². The lowest BCUT2D eigenvalue weighted by Crippen LogP contribution is -2.41. The Labute approximate surface area is 206 Å². The summed E-state index contributed by atoms with van der Waals surface area (Å²) in [5.74, 6) is 2.65. The number of carbonyl (C=O) groups excluding carboxylic acids is 1. The summed E-state index contributed by atoms with van der Waals surface area (Å²) >= 11 is 0. The maximum absolute atomic E-state index is 12.0. The Bertz CT molecular complexity index is 1410. The molecule has 1 amide bonds. The van der Waals surface area contributed by atoms with Crippen LogP contribution in [0.5, 0.6) is 17.2 Å². The van der Waals surface area contributed by atoms with Crippen LogP contribution in [0, 0.1) is 0 Å². The molecule has 1 aromatic carbocycles. The number of anilines is 3. The van der Waals surface area contributed by atoms with Gasteiger partial charge in [0.15, 0.2) is 17.3 Å². The van der Waals surface area contributed by atoms with Crippen LogP contribution in [0.1, 0.15) is 12.8 Å². The molecule has 36 heavy (non-hydrogen) atoms. The van der Waals surface area contributed by atoms with Crippen molar-refractivity contribution in [2.45, 2.75) is 18.9 Å². The molecule has 0 aliphatic carbocycles. The molecule has 1 aliphatic heterocycles. The molecule has 1 aliphatic rings. The van der Waals surface area contributed by atoms with E-state index >= 15 is 0 Å². The highest BCUT2D eigenvalue weighted by Crippen LogP contribution is 2.39. The number of nitrogens with two attached hydrogens (primary N) is 1. The van der Waals surface area contributed by atoms with Crippen molar-refractivity contribution in [2.24, 2.45) is 12.8 Å². The van der Waals surface area contributed by atoms with Gasteiger partial charge in [-0.05, 0) is 12.8 Å². The maximum Gasteiger partial charge on any atom is 0.240 e. The van der Waals surface area contributed by atoms with Crippen LogP contribution in [0.4, 0.5) is 17.6 Å². The maximum atomic E-state index is 12.0. The molecular weight excluding hydrogens is 466 g/mol. The quantitative estimate of drug-likeness (QED) is 0.372. The van der Waals surface area contributed by atoms with Gasteiger partial charge in [0.1, 0.15) is 29.2 Å². The second-order valence-electron chi connectivity index (χ2n) is 8.30. The van der Waals surface area contributed by atoms with Gasteiger partial charge >= 0.3 is 0 Å². The largest absolute Gasteiger partial charge is 0.493 e. The number of nitrogens with zero attached hydrogens (tertiary/aromatic N) is 7. The number of hydrogen-bond acceptors (Lipinski definition) is 10. The Morgan fingerprint density at radius 2 is 1.89 bits per heavy atom. The fraction of sp³-hybridized carbons (Fsp3) is 0.348. The molecule has 13 nitrogen and oxygen atoms in total. The highest BCUT2D eigenvalue weighted by Gasteiger charge is 2.32. The van der Waals surface area contributed by atoms with Crippen LogP contribution in [-0.4, -0.2) is 69.1 Å². The van der Waals surface area contributed by atoms with E-state index in [1.165, 1.54) is 0 Å². The second kappa shape index (κ2) is 9.24. The van der Waals surface area contributed by atoms with Crippen LogP contribution in [0.2, 0.25) is 0 Å². The first-order valence-electron chi connectivity index (χ1n) is 11.3. The van der Waals surface area contributed by atoms with Gasteiger partial charge in [-0.25, -0.2) is 9.97 Å². The molecule has 0 radical (unpaired) electrons. The van der Waals surface area contributed by atoms with Crippen molar-refractivity contribution in [1.29, 1.82) is 0 Å². The third-order valence-corrected chi connectivity index (χ3v) is 6.19. The number of rotatable bonds is 8. The summed E-state index contributed by atoms with van der Waals surface area (Å²) < 4.78 is 19.8. The number of carbonyl (C=O) groups is 1. The standard InChI is InChI=1S/C23H27N9O4/c1-30-19-14(10-26-30)27-23(32-7-5-6-15(32)21(24)33)29-22(19)28-18-11-31(12-25-18)13-8-16(34-2)20(36-4)17(9-13)35-3/h8-12,15H,5-7H2,1-4H3,(H2,24,33)(H,27,28,29). The first kappa shape index (κ1) is 23.2. The lowest BCUT2D eigenvalue weighted by atomic mass is 10.2. The van der Waals surface area contributed by atoms with Gasteiger partial charge in [0.2, 0.25) is 17.6 Å². The summed E-state index contributed by atoms with van der Waals surface area (Å²) in [6, 6.07) is 3.21. The molecule has 0 spiro atoms. The molecule has 5 rings (SSSR count). The molecule has 0 bridgehead atoms. The number of ether oxygens (including phenoxy) is 3. The van der Waals surface area contributed by atoms with Crippen molar-refractivity contribution < 1.29 is 19.0 Å². The van der Waals surface area contributed by atoms with E-state index in [-0.39, 0.29) is 5.91 Å². The molecule has 0 saturated carbocycles. The Balaban J connectivity index is 1.51. The van der Waals surface area contributed by atoms with E-state index in [4.69, 9.17) is 24.9 Å². The Morgan fingerprint density at radius 3 is 2.56 bits per heavy atom. The van der Waals surface area contributed by atoms with Crippen molar-refractivity contribution in [3.05, 3.63) is 30.9 Å². The van der Waals surface area contributed by atoms with E-state index in [2.05, 4.69) is 20.4 Å². The number of methoxy groups -OCH3 is 3. The minimum Gasteiger partial charge on any atom is -0.493 e. The molecular formula is C23H27N9O4. The molecule has 13 heteroatoms. The highest BCUT2D eigenvalue weighted by atomic mass is 16.5. The molecule has 4 heterocycles. The summed E-state index contributed by atoms with van der Waals surface area (Å²) in [6.07, 6.45) is 6.65. The topological polar surface area (TPSA) is 147 Å². The number of imidazole rings is 1. The van der Waals surface area contributed by atoms with E-state index in [1.807, 2.05) is 34.8 Å². The first-order chi connectivity index (χ1) is 17.4. The van der Waals surface area contributed by atoms with E-state index in [0.717, 1.165) is 12.1 Å². The average molecular weight is 494 g/mol.